The lowest BCUT2D eigenvalue weighted by Crippen LogP contribution is -2.44. The first-order valence-corrected chi connectivity index (χ1v) is 6.07. The first-order valence-electron chi connectivity index (χ1n) is 6.07. The monoisotopic (exact) mass is 228 g/mol. The summed E-state index contributed by atoms with van der Waals surface area (Å²) in [7, 11) is 1.69. The number of hydrogen-bond acceptors (Lipinski definition) is 3. The first-order chi connectivity index (χ1) is 7.50. The summed E-state index contributed by atoms with van der Waals surface area (Å²) in [4.78, 5) is 13.9. The second-order valence-corrected chi connectivity index (χ2v) is 5.02. The van der Waals surface area contributed by atoms with Crippen LogP contribution in [0.3, 0.4) is 0 Å². The van der Waals surface area contributed by atoms with Gasteiger partial charge in [-0.05, 0) is 33.2 Å². The number of carbonyl (C=O) groups excluding carboxylic acids is 1. The van der Waals surface area contributed by atoms with Gasteiger partial charge >= 0.3 is 0 Å². The molecule has 1 saturated heterocycles. The maximum Gasteiger partial charge on any atom is 0.239 e. The number of hydrogen-bond donors (Lipinski definition) is 1. The molecule has 1 rings (SSSR count). The molecule has 1 heterocycles. The van der Waals surface area contributed by atoms with Gasteiger partial charge in [0, 0.05) is 20.2 Å². The average molecular weight is 228 g/mol. The van der Waals surface area contributed by atoms with E-state index in [1.807, 2.05) is 18.7 Å². The van der Waals surface area contributed by atoms with E-state index >= 15 is 0 Å². The van der Waals surface area contributed by atoms with Crippen LogP contribution in [0.5, 0.6) is 0 Å². The van der Waals surface area contributed by atoms with E-state index in [1.165, 1.54) is 0 Å². The Morgan fingerprint density at radius 3 is 2.81 bits per heavy atom. The molecular formula is C12H24N2O2. The largest absolute Gasteiger partial charge is 0.377 e. The quantitative estimate of drug-likeness (QED) is 0.738. The number of likely N-dealkylation sites (tertiary alicyclic amines) is 1. The zero-order chi connectivity index (χ0) is 12.2. The Balaban J connectivity index is 2.44. The van der Waals surface area contributed by atoms with Crippen molar-refractivity contribution in [2.45, 2.75) is 45.3 Å². The fraction of sp³-hybridized carbons (Fsp3) is 0.917. The molecule has 0 aromatic heterocycles. The van der Waals surface area contributed by atoms with E-state index in [4.69, 9.17) is 4.74 Å². The Hall–Kier alpha value is -0.610. The van der Waals surface area contributed by atoms with Gasteiger partial charge in [0.25, 0.3) is 0 Å². The van der Waals surface area contributed by atoms with Crippen LogP contribution in [0, 0.1) is 0 Å². The molecular weight excluding hydrogens is 204 g/mol. The number of ether oxygens (including phenoxy) is 1. The van der Waals surface area contributed by atoms with Gasteiger partial charge in [0.2, 0.25) is 5.91 Å². The van der Waals surface area contributed by atoms with Crippen LogP contribution in [0.15, 0.2) is 0 Å². The lowest BCUT2D eigenvalue weighted by Gasteiger charge is -2.29. The molecule has 0 radical (unpaired) electrons. The third kappa shape index (κ3) is 3.46. The predicted molar refractivity (Wildman–Crippen MR) is 64.4 cm³/mol. The highest BCUT2D eigenvalue weighted by Gasteiger charge is 2.34. The number of methoxy groups -OCH3 is 1. The number of carbonyl (C=O) groups is 1. The van der Waals surface area contributed by atoms with Crippen LogP contribution in [-0.2, 0) is 9.53 Å². The van der Waals surface area contributed by atoms with Crippen molar-refractivity contribution in [2.24, 2.45) is 0 Å². The fourth-order valence-corrected chi connectivity index (χ4v) is 1.93. The summed E-state index contributed by atoms with van der Waals surface area (Å²) in [5, 5.41) is 3.28. The SMILES string of the molecule is CCCNC1CCN(CC(C)(C)OC)C1=O. The standard InChI is InChI=1S/C12H24N2O2/c1-5-7-13-10-6-8-14(11(10)15)9-12(2,3)16-4/h10,13H,5-9H2,1-4H3. The molecule has 16 heavy (non-hydrogen) atoms. The number of nitrogens with one attached hydrogen (secondary N) is 1. The van der Waals surface area contributed by atoms with E-state index < -0.39 is 0 Å². The van der Waals surface area contributed by atoms with Crippen LogP contribution in [0.1, 0.15) is 33.6 Å². The van der Waals surface area contributed by atoms with Crippen molar-refractivity contribution in [3.8, 4) is 0 Å². The molecule has 1 fully saturated rings. The van der Waals surface area contributed by atoms with Gasteiger partial charge in [-0.1, -0.05) is 6.92 Å². The molecule has 0 aromatic rings. The smallest absolute Gasteiger partial charge is 0.239 e. The van der Waals surface area contributed by atoms with Crippen molar-refractivity contribution in [1.82, 2.24) is 10.2 Å². The first kappa shape index (κ1) is 13.5. The van der Waals surface area contributed by atoms with Gasteiger partial charge in [0.15, 0.2) is 0 Å². The summed E-state index contributed by atoms with van der Waals surface area (Å²) in [6.45, 7) is 8.55. The summed E-state index contributed by atoms with van der Waals surface area (Å²) in [6.07, 6.45) is 1.98. The van der Waals surface area contributed by atoms with E-state index in [0.717, 1.165) is 25.9 Å². The Bertz CT molecular complexity index is 241. The van der Waals surface area contributed by atoms with Crippen molar-refractivity contribution < 1.29 is 9.53 Å². The predicted octanol–water partition coefficient (Wildman–Crippen LogP) is 1.01. The third-order valence-electron chi connectivity index (χ3n) is 3.06. The molecule has 4 nitrogen and oxygen atoms in total. The Kier molecular flexibility index (Phi) is 4.74. The second kappa shape index (κ2) is 5.64. The van der Waals surface area contributed by atoms with Gasteiger partial charge in [0.05, 0.1) is 11.6 Å². The molecule has 1 aliphatic heterocycles. The molecule has 1 unspecified atom stereocenters. The molecule has 1 aliphatic rings. The molecule has 4 heteroatoms. The molecule has 1 amide bonds. The van der Waals surface area contributed by atoms with Crippen molar-refractivity contribution in [2.75, 3.05) is 26.7 Å². The topological polar surface area (TPSA) is 41.6 Å². The number of nitrogens with zero attached hydrogens (tertiary/aromatic N) is 1. The summed E-state index contributed by atoms with van der Waals surface area (Å²) in [6, 6.07) is 0.0209. The molecule has 1 atom stereocenters. The summed E-state index contributed by atoms with van der Waals surface area (Å²) < 4.78 is 5.35. The van der Waals surface area contributed by atoms with Crippen LogP contribution >= 0.6 is 0 Å². The van der Waals surface area contributed by atoms with Crippen LogP contribution in [0.4, 0.5) is 0 Å². The van der Waals surface area contributed by atoms with Crippen molar-refractivity contribution >= 4 is 5.91 Å². The van der Waals surface area contributed by atoms with E-state index in [9.17, 15) is 4.79 Å². The molecule has 0 aliphatic carbocycles. The molecule has 94 valence electrons. The highest BCUT2D eigenvalue weighted by Crippen LogP contribution is 2.17. The van der Waals surface area contributed by atoms with Gasteiger partial charge in [-0.2, -0.15) is 0 Å². The second-order valence-electron chi connectivity index (χ2n) is 5.02. The molecule has 0 bridgehead atoms. The summed E-state index contributed by atoms with van der Waals surface area (Å²) in [5.74, 6) is 0.221. The Morgan fingerprint density at radius 2 is 2.25 bits per heavy atom. The van der Waals surface area contributed by atoms with E-state index in [1.54, 1.807) is 7.11 Å². The highest BCUT2D eigenvalue weighted by molar-refractivity contribution is 5.84. The number of rotatable bonds is 6. The lowest BCUT2D eigenvalue weighted by atomic mass is 10.1. The summed E-state index contributed by atoms with van der Waals surface area (Å²) in [5.41, 5.74) is -0.255. The summed E-state index contributed by atoms with van der Waals surface area (Å²) >= 11 is 0. The van der Waals surface area contributed by atoms with Gasteiger partial charge in [-0.15, -0.1) is 0 Å². The van der Waals surface area contributed by atoms with Crippen LogP contribution in [0.2, 0.25) is 0 Å². The van der Waals surface area contributed by atoms with Crippen molar-refractivity contribution in [1.29, 1.82) is 0 Å². The maximum absolute atomic E-state index is 12.0. The minimum absolute atomic E-state index is 0.0209. The molecule has 0 spiro atoms. The van der Waals surface area contributed by atoms with Crippen LogP contribution in [-0.4, -0.2) is 49.2 Å². The number of amides is 1. The normalized spacial score (nSPS) is 21.9. The van der Waals surface area contributed by atoms with E-state index in [2.05, 4.69) is 12.2 Å². The van der Waals surface area contributed by atoms with Gasteiger partial charge < -0.3 is 15.0 Å². The highest BCUT2D eigenvalue weighted by atomic mass is 16.5. The average Bonchev–Trinajstić information content (AvgIpc) is 2.57. The lowest BCUT2D eigenvalue weighted by molar-refractivity contribution is -0.132. The maximum atomic E-state index is 12.0. The minimum Gasteiger partial charge on any atom is -0.377 e. The van der Waals surface area contributed by atoms with Crippen LogP contribution < -0.4 is 5.32 Å². The minimum atomic E-state index is -0.255. The zero-order valence-corrected chi connectivity index (χ0v) is 10.9. The van der Waals surface area contributed by atoms with E-state index in [0.29, 0.717) is 6.54 Å². The Labute approximate surface area is 98.3 Å². The van der Waals surface area contributed by atoms with E-state index in [-0.39, 0.29) is 17.6 Å². The molecule has 0 saturated carbocycles. The van der Waals surface area contributed by atoms with Crippen molar-refractivity contribution in [3.63, 3.8) is 0 Å². The van der Waals surface area contributed by atoms with Gasteiger partial charge in [0.1, 0.15) is 0 Å². The van der Waals surface area contributed by atoms with Crippen molar-refractivity contribution in [3.05, 3.63) is 0 Å². The fourth-order valence-electron chi connectivity index (χ4n) is 1.93. The van der Waals surface area contributed by atoms with Gasteiger partial charge in [-0.25, -0.2) is 0 Å². The molecule has 1 N–H and O–H groups in total. The third-order valence-corrected chi connectivity index (χ3v) is 3.06. The molecule has 0 aromatic carbocycles. The zero-order valence-electron chi connectivity index (χ0n) is 10.9. The Morgan fingerprint density at radius 1 is 1.56 bits per heavy atom. The van der Waals surface area contributed by atoms with Crippen LogP contribution in [0.25, 0.3) is 0 Å². The van der Waals surface area contributed by atoms with Gasteiger partial charge in [-0.3, -0.25) is 4.79 Å².